The van der Waals surface area contributed by atoms with E-state index >= 15 is 0 Å². The number of nitrogen functional groups attached to an aromatic ring is 1. The van der Waals surface area contributed by atoms with Crippen molar-refractivity contribution in [3.05, 3.63) is 46.3 Å². The maximum Gasteiger partial charge on any atom is 0.267 e. The second kappa shape index (κ2) is 5.43. The molecule has 0 aliphatic heterocycles. The van der Waals surface area contributed by atoms with E-state index in [2.05, 4.69) is 15.3 Å². The highest BCUT2D eigenvalue weighted by molar-refractivity contribution is 5.92. The molecule has 0 aromatic carbocycles. The van der Waals surface area contributed by atoms with Gasteiger partial charge in [-0.05, 0) is 25.0 Å². The summed E-state index contributed by atoms with van der Waals surface area (Å²) in [5, 5.41) is 2.83. The Morgan fingerprint density at radius 1 is 1.52 bits per heavy atom. The number of nitrogens with one attached hydrogen (secondary N) is 2. The van der Waals surface area contributed by atoms with Crippen LogP contribution >= 0.6 is 0 Å². The van der Waals surface area contributed by atoms with Gasteiger partial charge in [0, 0.05) is 31.3 Å². The van der Waals surface area contributed by atoms with Gasteiger partial charge >= 0.3 is 0 Å². The van der Waals surface area contributed by atoms with Gasteiger partial charge in [-0.2, -0.15) is 0 Å². The summed E-state index contributed by atoms with van der Waals surface area (Å²) in [7, 11) is 0. The van der Waals surface area contributed by atoms with Gasteiger partial charge in [-0.3, -0.25) is 9.59 Å². The number of hydrogen-bond acceptors (Lipinski definition) is 4. The monoisotopic (exact) mass is 287 g/mol. The van der Waals surface area contributed by atoms with Crippen LogP contribution in [0.3, 0.4) is 0 Å². The van der Waals surface area contributed by atoms with E-state index in [4.69, 9.17) is 5.73 Å². The van der Waals surface area contributed by atoms with Crippen molar-refractivity contribution in [2.75, 3.05) is 12.3 Å². The Bertz CT molecular complexity index is 714. The van der Waals surface area contributed by atoms with Gasteiger partial charge in [0.2, 0.25) is 0 Å². The van der Waals surface area contributed by atoms with Crippen molar-refractivity contribution < 1.29 is 4.79 Å². The van der Waals surface area contributed by atoms with Gasteiger partial charge in [0.1, 0.15) is 17.3 Å². The van der Waals surface area contributed by atoms with Crippen LogP contribution in [0.1, 0.15) is 35.2 Å². The topological polar surface area (TPSA) is 106 Å². The van der Waals surface area contributed by atoms with Crippen LogP contribution in [0.5, 0.6) is 0 Å². The Morgan fingerprint density at radius 3 is 3.05 bits per heavy atom. The van der Waals surface area contributed by atoms with Crippen LogP contribution in [-0.2, 0) is 6.42 Å². The molecule has 0 atom stereocenters. The lowest BCUT2D eigenvalue weighted by Crippen LogP contribution is -2.28. The first-order chi connectivity index (χ1) is 10.1. The normalized spacial score (nSPS) is 14.1. The van der Waals surface area contributed by atoms with E-state index in [1.807, 2.05) is 22.9 Å². The number of carbonyl (C=O) groups is 1. The van der Waals surface area contributed by atoms with Gasteiger partial charge in [0.05, 0.1) is 0 Å². The Hall–Kier alpha value is -2.57. The summed E-state index contributed by atoms with van der Waals surface area (Å²) in [5.41, 5.74) is 5.89. The minimum Gasteiger partial charge on any atom is -0.383 e. The Balaban J connectivity index is 1.58. The highest BCUT2D eigenvalue weighted by Crippen LogP contribution is 2.35. The van der Waals surface area contributed by atoms with E-state index in [1.54, 1.807) is 0 Å². The molecule has 1 amide bonds. The smallest absolute Gasteiger partial charge is 0.267 e. The third kappa shape index (κ3) is 3.13. The van der Waals surface area contributed by atoms with E-state index < -0.39 is 0 Å². The van der Waals surface area contributed by atoms with Crippen molar-refractivity contribution in [3.63, 3.8) is 0 Å². The number of aromatic nitrogens is 3. The lowest BCUT2D eigenvalue weighted by Gasteiger charge is -2.08. The maximum atomic E-state index is 12.1. The maximum absolute atomic E-state index is 12.1. The zero-order valence-corrected chi connectivity index (χ0v) is 11.5. The molecule has 1 fully saturated rings. The van der Waals surface area contributed by atoms with E-state index in [9.17, 15) is 9.59 Å². The number of H-pyrrole nitrogens is 1. The summed E-state index contributed by atoms with van der Waals surface area (Å²) < 4.78 is 2.01. The minimum absolute atomic E-state index is 0.113. The molecule has 0 bridgehead atoms. The van der Waals surface area contributed by atoms with Crippen LogP contribution in [0.15, 0.2) is 29.2 Å². The molecule has 7 heteroatoms. The molecular formula is C14H17N5O2. The van der Waals surface area contributed by atoms with Gasteiger partial charge in [-0.1, -0.05) is 0 Å². The average Bonchev–Trinajstić information content (AvgIpc) is 3.14. The lowest BCUT2D eigenvalue weighted by atomic mass is 10.3. The van der Waals surface area contributed by atoms with Gasteiger partial charge in [-0.15, -0.1) is 0 Å². The molecule has 110 valence electrons. The van der Waals surface area contributed by atoms with Crippen molar-refractivity contribution in [2.45, 2.75) is 25.3 Å². The van der Waals surface area contributed by atoms with Crippen molar-refractivity contribution in [1.82, 2.24) is 19.9 Å². The number of nitrogens with zero attached hydrogens (tertiary/aromatic N) is 2. The van der Waals surface area contributed by atoms with Crippen LogP contribution in [-0.4, -0.2) is 27.0 Å². The molecule has 2 heterocycles. The summed E-state index contributed by atoms with van der Waals surface area (Å²) in [6, 6.07) is 5.39. The molecule has 3 rings (SSSR count). The highest BCUT2D eigenvalue weighted by atomic mass is 16.2. The molecule has 21 heavy (non-hydrogen) atoms. The van der Waals surface area contributed by atoms with E-state index in [0.717, 1.165) is 12.8 Å². The summed E-state index contributed by atoms with van der Waals surface area (Å²) in [6.07, 6.45) is 4.62. The Kier molecular flexibility index (Phi) is 3.47. The van der Waals surface area contributed by atoms with Crippen molar-refractivity contribution in [2.24, 2.45) is 0 Å². The SMILES string of the molecule is Nc1cc(=O)[nH]c(CCNC(=O)c2cccn2C2CC2)n1. The number of carbonyl (C=O) groups excluding carboxylic acids is 1. The third-order valence-corrected chi connectivity index (χ3v) is 3.41. The lowest BCUT2D eigenvalue weighted by molar-refractivity contribution is 0.0944. The van der Waals surface area contributed by atoms with Crippen LogP contribution in [0, 0.1) is 0 Å². The third-order valence-electron chi connectivity index (χ3n) is 3.41. The first kappa shape index (κ1) is 13.4. The minimum atomic E-state index is -0.286. The first-order valence-electron chi connectivity index (χ1n) is 6.94. The van der Waals surface area contributed by atoms with E-state index in [-0.39, 0.29) is 17.3 Å². The quantitative estimate of drug-likeness (QED) is 0.742. The second-order valence-electron chi connectivity index (χ2n) is 5.15. The summed E-state index contributed by atoms with van der Waals surface area (Å²) >= 11 is 0. The fourth-order valence-corrected chi connectivity index (χ4v) is 2.29. The molecule has 0 radical (unpaired) electrons. The summed E-state index contributed by atoms with van der Waals surface area (Å²) in [4.78, 5) is 30.0. The number of rotatable bonds is 5. The average molecular weight is 287 g/mol. The van der Waals surface area contributed by atoms with Gasteiger partial charge in [-0.25, -0.2) is 4.98 Å². The van der Waals surface area contributed by atoms with Crippen molar-refractivity contribution >= 4 is 11.7 Å². The van der Waals surface area contributed by atoms with Gasteiger partial charge in [0.25, 0.3) is 11.5 Å². The van der Waals surface area contributed by atoms with Crippen LogP contribution in [0.25, 0.3) is 0 Å². The Morgan fingerprint density at radius 2 is 2.33 bits per heavy atom. The molecule has 0 unspecified atom stereocenters. The number of aromatic amines is 1. The van der Waals surface area contributed by atoms with Gasteiger partial charge in [0.15, 0.2) is 0 Å². The molecular weight excluding hydrogens is 270 g/mol. The molecule has 4 N–H and O–H groups in total. The largest absolute Gasteiger partial charge is 0.383 e. The van der Waals surface area contributed by atoms with E-state index in [1.165, 1.54) is 6.07 Å². The molecule has 1 aliphatic rings. The highest BCUT2D eigenvalue weighted by Gasteiger charge is 2.26. The molecule has 1 saturated carbocycles. The standard InChI is InChI=1S/C14H17N5O2/c15-11-8-13(20)18-12(17-11)5-6-16-14(21)10-2-1-7-19(10)9-3-4-9/h1-2,7-9H,3-6H2,(H,16,21)(H3,15,17,18,20). The predicted octanol–water partition coefficient (Wildman–Crippen LogP) is 0.461. The predicted molar refractivity (Wildman–Crippen MR) is 78.0 cm³/mol. The summed E-state index contributed by atoms with van der Waals surface area (Å²) in [5.74, 6) is 0.540. The van der Waals surface area contributed by atoms with Gasteiger partial charge < -0.3 is 20.6 Å². The van der Waals surface area contributed by atoms with E-state index in [0.29, 0.717) is 30.5 Å². The number of amides is 1. The fourth-order valence-electron chi connectivity index (χ4n) is 2.29. The Labute approximate surface area is 121 Å². The van der Waals surface area contributed by atoms with Crippen LogP contribution in [0.4, 0.5) is 5.82 Å². The number of hydrogen-bond donors (Lipinski definition) is 3. The fraction of sp³-hybridized carbons (Fsp3) is 0.357. The molecule has 0 spiro atoms. The van der Waals surface area contributed by atoms with Crippen molar-refractivity contribution in [1.29, 1.82) is 0 Å². The van der Waals surface area contributed by atoms with Crippen molar-refractivity contribution in [3.8, 4) is 0 Å². The molecule has 2 aromatic heterocycles. The molecule has 2 aromatic rings. The first-order valence-corrected chi connectivity index (χ1v) is 6.94. The number of nitrogens with two attached hydrogens (primary N) is 1. The zero-order chi connectivity index (χ0) is 14.8. The zero-order valence-electron chi connectivity index (χ0n) is 11.5. The second-order valence-corrected chi connectivity index (χ2v) is 5.15. The molecule has 1 aliphatic carbocycles. The number of anilines is 1. The summed E-state index contributed by atoms with van der Waals surface area (Å²) in [6.45, 7) is 0.390. The van der Waals surface area contributed by atoms with Crippen LogP contribution in [0.2, 0.25) is 0 Å². The van der Waals surface area contributed by atoms with Crippen LogP contribution < -0.4 is 16.6 Å². The molecule has 0 saturated heterocycles. The molecule has 7 nitrogen and oxygen atoms in total.